The smallest absolute Gasteiger partial charge is 0.110 e. The summed E-state index contributed by atoms with van der Waals surface area (Å²) in [4.78, 5) is 7.94. The third kappa shape index (κ3) is 3.35. The van der Waals surface area contributed by atoms with Gasteiger partial charge in [0.15, 0.2) is 0 Å². The molecule has 2 heteroatoms. The molecule has 0 radical (unpaired) electrons. The van der Waals surface area contributed by atoms with Gasteiger partial charge in [0.05, 0.1) is 5.69 Å². The lowest BCUT2D eigenvalue weighted by Gasteiger charge is -1.98. The Bertz CT molecular complexity index is 641. The van der Waals surface area contributed by atoms with Crippen LogP contribution in [0.4, 0.5) is 0 Å². The summed E-state index contributed by atoms with van der Waals surface area (Å²) in [6.45, 7) is 0. The van der Waals surface area contributed by atoms with E-state index in [-0.39, 0.29) is 0 Å². The summed E-state index contributed by atoms with van der Waals surface area (Å²) in [5.74, 6) is 1.04. The lowest BCUT2D eigenvalue weighted by molar-refractivity contribution is 0.911. The first-order valence-corrected chi connectivity index (χ1v) is 7.01. The van der Waals surface area contributed by atoms with Gasteiger partial charge in [0.1, 0.15) is 5.82 Å². The molecule has 20 heavy (non-hydrogen) atoms. The molecule has 0 spiro atoms. The molecule has 2 nitrogen and oxygen atoms in total. The number of nitrogens with one attached hydrogen (secondary N) is 1. The Morgan fingerprint density at radius 3 is 2.10 bits per heavy atom. The van der Waals surface area contributed by atoms with Crippen LogP contribution in [-0.4, -0.2) is 9.97 Å². The van der Waals surface area contributed by atoms with Crippen LogP contribution in [-0.2, 0) is 19.3 Å². The number of rotatable bonds is 5. The second kappa shape index (κ2) is 6.20. The van der Waals surface area contributed by atoms with Gasteiger partial charge in [-0.2, -0.15) is 0 Å². The molecule has 2 aromatic carbocycles. The number of nitrogens with zero attached hydrogens (tertiary/aromatic N) is 1. The van der Waals surface area contributed by atoms with Crippen LogP contribution >= 0.6 is 0 Å². The van der Waals surface area contributed by atoms with Crippen molar-refractivity contribution in [3.63, 3.8) is 0 Å². The largest absolute Gasteiger partial charge is 0.348 e. The molecule has 0 bridgehead atoms. The van der Waals surface area contributed by atoms with Crippen molar-refractivity contribution in [1.29, 1.82) is 0 Å². The zero-order valence-corrected chi connectivity index (χ0v) is 11.4. The lowest BCUT2D eigenvalue weighted by Crippen LogP contribution is -1.93. The number of H-pyrrole nitrogens is 1. The average Bonchev–Trinajstić information content (AvgIpc) is 2.95. The minimum Gasteiger partial charge on any atom is -0.348 e. The molecule has 1 aromatic heterocycles. The molecule has 0 atom stereocenters. The Labute approximate surface area is 119 Å². The van der Waals surface area contributed by atoms with E-state index in [0.717, 1.165) is 30.8 Å². The summed E-state index contributed by atoms with van der Waals surface area (Å²) in [7, 11) is 0. The number of aromatic amines is 1. The quantitative estimate of drug-likeness (QED) is 0.744. The predicted octanol–water partition coefficient (Wildman–Crippen LogP) is 3.79. The van der Waals surface area contributed by atoms with Crippen LogP contribution in [0.5, 0.6) is 0 Å². The Morgan fingerprint density at radius 2 is 1.40 bits per heavy atom. The Balaban J connectivity index is 1.60. The zero-order valence-electron chi connectivity index (χ0n) is 11.4. The Kier molecular flexibility index (Phi) is 3.93. The maximum atomic E-state index is 4.67. The standard InChI is InChI=1S/C18H18N2/c1-3-7-15(8-4-1)11-12-17-14-19-18(20-17)13-16-9-5-2-6-10-16/h1-10,14H,11-13H2,(H,19,20). The summed E-state index contributed by atoms with van der Waals surface area (Å²) < 4.78 is 0. The first kappa shape index (κ1) is 12.7. The predicted molar refractivity (Wildman–Crippen MR) is 81.7 cm³/mol. The van der Waals surface area contributed by atoms with Gasteiger partial charge in [-0.25, -0.2) is 4.98 Å². The van der Waals surface area contributed by atoms with Crippen LogP contribution in [0.25, 0.3) is 0 Å². The Morgan fingerprint density at radius 1 is 0.750 bits per heavy atom. The maximum absolute atomic E-state index is 4.67. The molecule has 0 amide bonds. The molecule has 100 valence electrons. The number of hydrogen-bond acceptors (Lipinski definition) is 1. The molecule has 3 rings (SSSR count). The monoisotopic (exact) mass is 262 g/mol. The van der Waals surface area contributed by atoms with Gasteiger partial charge < -0.3 is 4.98 Å². The highest BCUT2D eigenvalue weighted by atomic mass is 14.9. The minimum absolute atomic E-state index is 0.867. The molecule has 0 aliphatic rings. The molecule has 1 heterocycles. The normalized spacial score (nSPS) is 10.6. The topological polar surface area (TPSA) is 28.7 Å². The molecule has 3 aromatic rings. The van der Waals surface area contributed by atoms with E-state index in [1.165, 1.54) is 11.1 Å². The summed E-state index contributed by atoms with van der Waals surface area (Å²) >= 11 is 0. The van der Waals surface area contributed by atoms with Gasteiger partial charge in [0.2, 0.25) is 0 Å². The summed E-state index contributed by atoms with van der Waals surface area (Å²) in [5, 5.41) is 0. The Hall–Kier alpha value is -2.35. The molecule has 0 aliphatic heterocycles. The van der Waals surface area contributed by atoms with Crippen LogP contribution in [0.3, 0.4) is 0 Å². The van der Waals surface area contributed by atoms with E-state index in [1.807, 2.05) is 12.3 Å². The molecule has 0 saturated heterocycles. The second-order valence-corrected chi connectivity index (χ2v) is 4.99. The van der Waals surface area contributed by atoms with Crippen LogP contribution in [0.15, 0.2) is 66.9 Å². The molecule has 0 unspecified atom stereocenters. The van der Waals surface area contributed by atoms with E-state index in [1.54, 1.807) is 0 Å². The van der Waals surface area contributed by atoms with Crippen molar-refractivity contribution in [2.75, 3.05) is 0 Å². The fourth-order valence-corrected chi connectivity index (χ4v) is 2.33. The second-order valence-electron chi connectivity index (χ2n) is 4.99. The fraction of sp³-hybridized carbons (Fsp3) is 0.167. The van der Waals surface area contributed by atoms with Crippen molar-refractivity contribution in [3.05, 3.63) is 89.5 Å². The summed E-state index contributed by atoms with van der Waals surface area (Å²) in [6.07, 6.45) is 4.92. The van der Waals surface area contributed by atoms with Gasteiger partial charge >= 0.3 is 0 Å². The highest BCUT2D eigenvalue weighted by Gasteiger charge is 2.03. The molecule has 0 aliphatic carbocycles. The van der Waals surface area contributed by atoms with Crippen LogP contribution in [0.1, 0.15) is 22.6 Å². The van der Waals surface area contributed by atoms with Gasteiger partial charge in [-0.05, 0) is 24.0 Å². The van der Waals surface area contributed by atoms with Crippen molar-refractivity contribution < 1.29 is 0 Å². The van der Waals surface area contributed by atoms with Crippen LogP contribution in [0.2, 0.25) is 0 Å². The molecular weight excluding hydrogens is 244 g/mol. The van der Waals surface area contributed by atoms with E-state index in [0.29, 0.717) is 0 Å². The van der Waals surface area contributed by atoms with Crippen LogP contribution in [0, 0.1) is 0 Å². The van der Waals surface area contributed by atoms with Gasteiger partial charge in [-0.15, -0.1) is 0 Å². The van der Waals surface area contributed by atoms with Crippen molar-refractivity contribution >= 4 is 0 Å². The van der Waals surface area contributed by atoms with Gasteiger partial charge in [-0.3, -0.25) is 0 Å². The van der Waals surface area contributed by atoms with Gasteiger partial charge in [-0.1, -0.05) is 60.7 Å². The summed E-state index contributed by atoms with van der Waals surface area (Å²) in [6, 6.07) is 21.0. The lowest BCUT2D eigenvalue weighted by atomic mass is 10.1. The number of aryl methyl sites for hydroxylation is 2. The van der Waals surface area contributed by atoms with Crippen LogP contribution < -0.4 is 0 Å². The van der Waals surface area contributed by atoms with Crippen molar-refractivity contribution in [3.8, 4) is 0 Å². The van der Waals surface area contributed by atoms with E-state index < -0.39 is 0 Å². The molecule has 1 N–H and O–H groups in total. The maximum Gasteiger partial charge on any atom is 0.110 e. The zero-order chi connectivity index (χ0) is 13.6. The van der Waals surface area contributed by atoms with Crippen molar-refractivity contribution in [2.45, 2.75) is 19.3 Å². The number of imidazole rings is 1. The minimum atomic E-state index is 0.867. The third-order valence-corrected chi connectivity index (χ3v) is 3.41. The van der Waals surface area contributed by atoms with Crippen molar-refractivity contribution in [2.24, 2.45) is 0 Å². The van der Waals surface area contributed by atoms with E-state index >= 15 is 0 Å². The fourth-order valence-electron chi connectivity index (χ4n) is 2.33. The van der Waals surface area contributed by atoms with Crippen molar-refractivity contribution in [1.82, 2.24) is 9.97 Å². The van der Waals surface area contributed by atoms with Gasteiger partial charge in [0, 0.05) is 12.6 Å². The van der Waals surface area contributed by atoms with E-state index in [4.69, 9.17) is 0 Å². The molecule has 0 fully saturated rings. The number of aromatic nitrogens is 2. The highest BCUT2D eigenvalue weighted by molar-refractivity contribution is 5.20. The SMILES string of the molecule is c1ccc(CCc2c[nH]c(Cc3ccccc3)n2)cc1. The first-order valence-electron chi connectivity index (χ1n) is 7.01. The van der Waals surface area contributed by atoms with E-state index in [9.17, 15) is 0 Å². The third-order valence-electron chi connectivity index (χ3n) is 3.41. The molecule has 0 saturated carbocycles. The summed E-state index contributed by atoms with van der Waals surface area (Å²) in [5.41, 5.74) is 3.79. The first-order chi connectivity index (χ1) is 9.90. The highest BCUT2D eigenvalue weighted by Crippen LogP contribution is 2.09. The van der Waals surface area contributed by atoms with Gasteiger partial charge in [0.25, 0.3) is 0 Å². The number of benzene rings is 2. The van der Waals surface area contributed by atoms with E-state index in [2.05, 4.69) is 64.6 Å². The average molecular weight is 262 g/mol. The molecular formula is C18H18N2. The number of hydrogen-bond donors (Lipinski definition) is 1.